The summed E-state index contributed by atoms with van der Waals surface area (Å²) in [5.41, 5.74) is 2.37. The largest absolute Gasteiger partial charge is 0.480 e. The van der Waals surface area contributed by atoms with Crippen molar-refractivity contribution in [2.24, 2.45) is 0 Å². The van der Waals surface area contributed by atoms with Crippen molar-refractivity contribution < 1.29 is 24.5 Å². The van der Waals surface area contributed by atoms with Gasteiger partial charge < -0.3 is 20.3 Å². The minimum atomic E-state index is -1.33. The first-order valence-electron chi connectivity index (χ1n) is 6.63. The number of amides is 1. The fraction of sp³-hybridized carbons (Fsp3) is 0.467. The molecule has 1 aromatic rings. The van der Waals surface area contributed by atoms with E-state index in [9.17, 15) is 9.59 Å². The highest BCUT2D eigenvalue weighted by Crippen LogP contribution is 2.25. The molecule has 1 amide bonds. The highest BCUT2D eigenvalue weighted by Gasteiger charge is 2.22. The minimum absolute atomic E-state index is 0.672. The van der Waals surface area contributed by atoms with Crippen molar-refractivity contribution in [1.29, 1.82) is 0 Å². The van der Waals surface area contributed by atoms with E-state index in [1.54, 1.807) is 20.8 Å². The van der Waals surface area contributed by atoms with Crippen molar-refractivity contribution in [2.75, 3.05) is 6.61 Å². The molecule has 0 aliphatic heterocycles. The Hall–Kier alpha value is -2.08. The molecule has 0 saturated heterocycles. The Morgan fingerprint density at radius 3 is 2.14 bits per heavy atom. The summed E-state index contributed by atoms with van der Waals surface area (Å²) in [6.07, 6.45) is 0.381. The first-order chi connectivity index (χ1) is 9.73. The lowest BCUT2D eigenvalue weighted by atomic mass is 10.2. The summed E-state index contributed by atoms with van der Waals surface area (Å²) >= 11 is 0. The zero-order valence-corrected chi connectivity index (χ0v) is 12.4. The number of nitrogens with one attached hydrogen (secondary N) is 1. The number of aliphatic hydroxyl groups excluding tert-OH is 1. The standard InChI is InChI=1S/C8H15NO5.C7H6/c1-8(2,3)14-7(13)9-5(4-10)6(11)12;1-2-4-7-5-6(7)3-1/h5,10H,4H2,1-3H3,(H,9,13)(H,11,12);1-4H,5H2/t5-;/m1./s1. The second kappa shape index (κ2) is 7.08. The fourth-order valence-electron chi connectivity index (χ4n) is 1.47. The molecule has 0 heterocycles. The molecule has 6 nitrogen and oxygen atoms in total. The number of carbonyl (C=O) groups is 2. The lowest BCUT2D eigenvalue weighted by molar-refractivity contribution is -0.140. The zero-order valence-electron chi connectivity index (χ0n) is 12.4. The number of alkyl carbamates (subject to hydrolysis) is 1. The van der Waals surface area contributed by atoms with Gasteiger partial charge in [-0.15, -0.1) is 0 Å². The van der Waals surface area contributed by atoms with E-state index in [0.29, 0.717) is 0 Å². The number of rotatable bonds is 3. The Bertz CT molecular complexity index is 486. The molecule has 0 spiro atoms. The van der Waals surface area contributed by atoms with Crippen LogP contribution in [0.2, 0.25) is 0 Å². The maximum absolute atomic E-state index is 11.0. The molecule has 0 unspecified atom stereocenters. The van der Waals surface area contributed by atoms with Crippen LogP contribution in [0.5, 0.6) is 0 Å². The van der Waals surface area contributed by atoms with E-state index in [1.165, 1.54) is 17.5 Å². The predicted octanol–water partition coefficient (Wildman–Crippen LogP) is 1.55. The quantitative estimate of drug-likeness (QED) is 0.798. The summed E-state index contributed by atoms with van der Waals surface area (Å²) in [6.45, 7) is 4.29. The van der Waals surface area contributed by atoms with Crippen molar-refractivity contribution in [3.8, 4) is 0 Å². The van der Waals surface area contributed by atoms with Crippen LogP contribution in [-0.2, 0) is 16.0 Å². The van der Waals surface area contributed by atoms with Crippen LogP contribution in [0.15, 0.2) is 24.3 Å². The van der Waals surface area contributed by atoms with Gasteiger partial charge in [0.15, 0.2) is 6.04 Å². The molecule has 6 heteroatoms. The van der Waals surface area contributed by atoms with Gasteiger partial charge >= 0.3 is 12.1 Å². The maximum atomic E-state index is 11.0. The monoisotopic (exact) mass is 295 g/mol. The molecule has 1 aliphatic carbocycles. The van der Waals surface area contributed by atoms with Gasteiger partial charge in [0.2, 0.25) is 0 Å². The normalized spacial score (nSPS) is 13.1. The van der Waals surface area contributed by atoms with Gasteiger partial charge in [-0.3, -0.25) is 0 Å². The number of carboxylic acid groups (broad SMARTS) is 1. The van der Waals surface area contributed by atoms with E-state index in [2.05, 4.69) is 24.3 Å². The maximum Gasteiger partial charge on any atom is 0.408 e. The van der Waals surface area contributed by atoms with Crippen LogP contribution in [-0.4, -0.2) is 40.5 Å². The Kier molecular flexibility index (Phi) is 5.72. The highest BCUT2D eigenvalue weighted by atomic mass is 16.6. The average Bonchev–Trinajstić information content (AvgIpc) is 3.13. The molecule has 0 saturated carbocycles. The summed E-state index contributed by atoms with van der Waals surface area (Å²) in [5, 5.41) is 19.1. The molecule has 0 fully saturated rings. The third-order valence-corrected chi connectivity index (χ3v) is 2.55. The van der Waals surface area contributed by atoms with E-state index in [0.717, 1.165) is 0 Å². The van der Waals surface area contributed by atoms with Crippen molar-refractivity contribution in [3.05, 3.63) is 35.4 Å². The molecule has 116 valence electrons. The van der Waals surface area contributed by atoms with Gasteiger partial charge in [-0.2, -0.15) is 0 Å². The number of fused-ring (bicyclic) bond motifs is 1. The SMILES string of the molecule is CC(C)(C)OC(=O)N[C@H](CO)C(=O)O.c1ccc2c(c1)C2. The number of aliphatic carboxylic acids is 1. The Morgan fingerprint density at radius 1 is 1.29 bits per heavy atom. The Labute approximate surface area is 123 Å². The molecule has 1 atom stereocenters. The van der Waals surface area contributed by atoms with Gasteiger partial charge in [0, 0.05) is 0 Å². The number of hydrogen-bond donors (Lipinski definition) is 3. The van der Waals surface area contributed by atoms with Crippen molar-refractivity contribution in [2.45, 2.75) is 38.8 Å². The second-order valence-corrected chi connectivity index (χ2v) is 5.67. The van der Waals surface area contributed by atoms with Crippen LogP contribution in [0.3, 0.4) is 0 Å². The smallest absolute Gasteiger partial charge is 0.408 e. The van der Waals surface area contributed by atoms with Crippen molar-refractivity contribution >= 4 is 12.1 Å². The molecular formula is C15H21NO5. The summed E-state index contributed by atoms with van der Waals surface area (Å²) in [7, 11) is 0. The molecule has 0 radical (unpaired) electrons. The van der Waals surface area contributed by atoms with E-state index in [4.69, 9.17) is 14.9 Å². The van der Waals surface area contributed by atoms with Crippen molar-refractivity contribution in [1.82, 2.24) is 5.32 Å². The van der Waals surface area contributed by atoms with Gasteiger partial charge in [0.05, 0.1) is 6.61 Å². The fourth-order valence-corrected chi connectivity index (χ4v) is 1.47. The second-order valence-electron chi connectivity index (χ2n) is 5.67. The van der Waals surface area contributed by atoms with Crippen molar-refractivity contribution in [3.63, 3.8) is 0 Å². The number of aliphatic hydroxyl groups is 1. The Morgan fingerprint density at radius 2 is 1.81 bits per heavy atom. The van der Waals surface area contributed by atoms with Crippen LogP contribution in [0.1, 0.15) is 31.9 Å². The number of ether oxygens (including phenoxy) is 1. The highest BCUT2D eigenvalue weighted by molar-refractivity contribution is 5.80. The summed E-state index contributed by atoms with van der Waals surface area (Å²) < 4.78 is 4.80. The molecule has 1 aromatic carbocycles. The van der Waals surface area contributed by atoms with Gasteiger partial charge in [-0.25, -0.2) is 9.59 Å². The van der Waals surface area contributed by atoms with Gasteiger partial charge in [-0.1, -0.05) is 24.3 Å². The predicted molar refractivity (Wildman–Crippen MR) is 77.1 cm³/mol. The molecule has 1 aliphatic rings. The van der Waals surface area contributed by atoms with E-state index >= 15 is 0 Å². The van der Waals surface area contributed by atoms with Crippen LogP contribution >= 0.6 is 0 Å². The molecule has 0 bridgehead atoms. The summed E-state index contributed by atoms with van der Waals surface area (Å²) in [6, 6.07) is 7.20. The molecule has 2 rings (SSSR count). The topological polar surface area (TPSA) is 95.9 Å². The van der Waals surface area contributed by atoms with Gasteiger partial charge in [-0.05, 0) is 38.3 Å². The van der Waals surface area contributed by atoms with Crippen LogP contribution in [0, 0.1) is 0 Å². The number of benzene rings is 1. The third kappa shape index (κ3) is 6.76. The Balaban J connectivity index is 0.000000255. The first-order valence-corrected chi connectivity index (χ1v) is 6.63. The third-order valence-electron chi connectivity index (χ3n) is 2.55. The van der Waals surface area contributed by atoms with Crippen LogP contribution in [0.25, 0.3) is 0 Å². The molecule has 0 aromatic heterocycles. The van der Waals surface area contributed by atoms with Gasteiger partial charge in [0.25, 0.3) is 0 Å². The summed E-state index contributed by atoms with van der Waals surface area (Å²) in [4.78, 5) is 21.4. The van der Waals surface area contributed by atoms with E-state index in [1.807, 2.05) is 5.32 Å². The first kappa shape index (κ1) is 17.0. The lowest BCUT2D eigenvalue weighted by Gasteiger charge is -2.21. The number of carbonyl (C=O) groups excluding carboxylic acids is 1. The van der Waals surface area contributed by atoms with E-state index in [-0.39, 0.29) is 0 Å². The van der Waals surface area contributed by atoms with Crippen LogP contribution in [0.4, 0.5) is 4.79 Å². The zero-order chi connectivity index (χ0) is 16.0. The van der Waals surface area contributed by atoms with E-state index < -0.39 is 30.3 Å². The molecular weight excluding hydrogens is 274 g/mol. The molecule has 21 heavy (non-hydrogen) atoms. The summed E-state index contributed by atoms with van der Waals surface area (Å²) in [5.74, 6) is -1.31. The van der Waals surface area contributed by atoms with Crippen LogP contribution < -0.4 is 5.32 Å². The minimum Gasteiger partial charge on any atom is -0.480 e. The number of hydrogen-bond acceptors (Lipinski definition) is 4. The molecule has 3 N–H and O–H groups in total. The number of carboxylic acids is 1. The average molecular weight is 295 g/mol. The van der Waals surface area contributed by atoms with Gasteiger partial charge in [0.1, 0.15) is 5.60 Å². The lowest BCUT2D eigenvalue weighted by Crippen LogP contribution is -2.45.